The highest BCUT2D eigenvalue weighted by Gasteiger charge is 2.14. The first-order chi connectivity index (χ1) is 6.65. The molecule has 80 valence electrons. The number of amides is 1. The third-order valence-electron chi connectivity index (χ3n) is 2.21. The summed E-state index contributed by atoms with van der Waals surface area (Å²) < 4.78 is 0. The van der Waals surface area contributed by atoms with Crippen molar-refractivity contribution < 1.29 is 4.79 Å². The lowest BCUT2D eigenvalue weighted by Crippen LogP contribution is -2.35. The van der Waals surface area contributed by atoms with Crippen LogP contribution < -0.4 is 5.32 Å². The molecule has 1 amide bonds. The van der Waals surface area contributed by atoms with E-state index in [2.05, 4.69) is 17.1 Å². The molecule has 0 aromatic carbocycles. The summed E-state index contributed by atoms with van der Waals surface area (Å²) in [5.41, 5.74) is 0. The molecular weight excluding hydrogens is 178 g/mol. The largest absolute Gasteiger partial charge is 0.354 e. The maximum absolute atomic E-state index is 11.3. The number of nitrogens with zero attached hydrogens (tertiary/aromatic N) is 2. The van der Waals surface area contributed by atoms with Gasteiger partial charge >= 0.3 is 0 Å². The summed E-state index contributed by atoms with van der Waals surface area (Å²) in [6.45, 7) is 6.30. The summed E-state index contributed by atoms with van der Waals surface area (Å²) in [6.07, 6.45) is 0.575. The number of nitriles is 1. The van der Waals surface area contributed by atoms with Gasteiger partial charge in [0.25, 0.3) is 0 Å². The van der Waals surface area contributed by atoms with Crippen molar-refractivity contribution in [1.29, 1.82) is 5.26 Å². The second kappa shape index (κ2) is 7.34. The van der Waals surface area contributed by atoms with Gasteiger partial charge in [-0.05, 0) is 20.0 Å². The average molecular weight is 197 g/mol. The molecule has 1 atom stereocenters. The van der Waals surface area contributed by atoms with Gasteiger partial charge in [0.05, 0.1) is 6.07 Å². The Kier molecular flexibility index (Phi) is 6.77. The van der Waals surface area contributed by atoms with Crippen molar-refractivity contribution in [2.45, 2.75) is 20.3 Å². The van der Waals surface area contributed by atoms with Crippen LogP contribution in [0, 0.1) is 17.2 Å². The maximum atomic E-state index is 11.3. The lowest BCUT2D eigenvalue weighted by molar-refractivity contribution is -0.123. The summed E-state index contributed by atoms with van der Waals surface area (Å²) in [6, 6.07) is 1.98. The molecule has 0 aromatic heterocycles. The minimum Gasteiger partial charge on any atom is -0.354 e. The van der Waals surface area contributed by atoms with Crippen LogP contribution in [0.2, 0.25) is 0 Å². The zero-order valence-electron chi connectivity index (χ0n) is 9.21. The van der Waals surface area contributed by atoms with Gasteiger partial charge in [0.15, 0.2) is 0 Å². The van der Waals surface area contributed by atoms with E-state index in [1.807, 2.05) is 20.0 Å². The lowest BCUT2D eigenvalue weighted by atomic mass is 10.1. The van der Waals surface area contributed by atoms with Crippen molar-refractivity contribution in [2.24, 2.45) is 5.92 Å². The quantitative estimate of drug-likeness (QED) is 0.678. The van der Waals surface area contributed by atoms with Crippen molar-refractivity contribution in [1.82, 2.24) is 10.2 Å². The van der Waals surface area contributed by atoms with Crippen LogP contribution in [-0.4, -0.2) is 37.5 Å². The molecule has 4 nitrogen and oxygen atoms in total. The molecule has 14 heavy (non-hydrogen) atoms. The van der Waals surface area contributed by atoms with E-state index < -0.39 is 5.92 Å². The number of carbonyl (C=O) groups is 1. The highest BCUT2D eigenvalue weighted by atomic mass is 16.1. The fourth-order valence-corrected chi connectivity index (χ4v) is 0.987. The van der Waals surface area contributed by atoms with Crippen LogP contribution in [-0.2, 0) is 4.79 Å². The molecule has 0 bridgehead atoms. The van der Waals surface area contributed by atoms with E-state index in [9.17, 15) is 4.79 Å². The van der Waals surface area contributed by atoms with Gasteiger partial charge in [0.2, 0.25) is 5.91 Å². The minimum atomic E-state index is -0.498. The number of hydrogen-bond donors (Lipinski definition) is 1. The first-order valence-corrected chi connectivity index (χ1v) is 5.01. The van der Waals surface area contributed by atoms with E-state index in [1.165, 1.54) is 0 Å². The number of carbonyl (C=O) groups excluding carboxylic acids is 1. The first-order valence-electron chi connectivity index (χ1n) is 5.01. The zero-order chi connectivity index (χ0) is 11.0. The Morgan fingerprint density at radius 2 is 2.21 bits per heavy atom. The third-order valence-corrected chi connectivity index (χ3v) is 2.21. The summed E-state index contributed by atoms with van der Waals surface area (Å²) in [5, 5.41) is 11.4. The van der Waals surface area contributed by atoms with E-state index in [4.69, 9.17) is 5.26 Å². The molecule has 1 unspecified atom stereocenters. The van der Waals surface area contributed by atoms with Crippen molar-refractivity contribution in [3.8, 4) is 6.07 Å². The predicted octanol–water partition coefficient (Wildman–Crippen LogP) is 0.604. The molecule has 0 saturated heterocycles. The van der Waals surface area contributed by atoms with Crippen molar-refractivity contribution >= 4 is 5.91 Å². The fourth-order valence-electron chi connectivity index (χ4n) is 0.987. The Labute approximate surface area is 85.9 Å². The maximum Gasteiger partial charge on any atom is 0.237 e. The molecule has 0 aliphatic carbocycles. The van der Waals surface area contributed by atoms with E-state index in [-0.39, 0.29) is 5.91 Å². The smallest absolute Gasteiger partial charge is 0.237 e. The molecule has 0 spiro atoms. The summed E-state index contributed by atoms with van der Waals surface area (Å²) in [4.78, 5) is 13.4. The van der Waals surface area contributed by atoms with Crippen LogP contribution in [0.5, 0.6) is 0 Å². The number of hydrogen-bond acceptors (Lipinski definition) is 3. The van der Waals surface area contributed by atoms with Crippen molar-refractivity contribution in [3.63, 3.8) is 0 Å². The van der Waals surface area contributed by atoms with Gasteiger partial charge in [-0.1, -0.05) is 13.8 Å². The van der Waals surface area contributed by atoms with Crippen molar-refractivity contribution in [3.05, 3.63) is 0 Å². The molecule has 0 aliphatic rings. The number of likely N-dealkylation sites (N-methyl/N-ethyl adjacent to an activating group) is 1. The van der Waals surface area contributed by atoms with Crippen LogP contribution in [0.4, 0.5) is 0 Å². The SMILES string of the molecule is CCC(C#N)C(=O)NCCN(C)CC. The third kappa shape index (κ3) is 4.83. The summed E-state index contributed by atoms with van der Waals surface area (Å²) >= 11 is 0. The summed E-state index contributed by atoms with van der Waals surface area (Å²) in [7, 11) is 1.99. The van der Waals surface area contributed by atoms with Gasteiger partial charge < -0.3 is 10.2 Å². The Morgan fingerprint density at radius 1 is 1.57 bits per heavy atom. The second-order valence-corrected chi connectivity index (χ2v) is 3.28. The van der Waals surface area contributed by atoms with Gasteiger partial charge in [-0.25, -0.2) is 0 Å². The van der Waals surface area contributed by atoms with Crippen molar-refractivity contribution in [2.75, 3.05) is 26.7 Å². The molecule has 0 fully saturated rings. The lowest BCUT2D eigenvalue weighted by Gasteiger charge is -2.14. The van der Waals surface area contributed by atoms with E-state index in [1.54, 1.807) is 0 Å². The van der Waals surface area contributed by atoms with Crippen LogP contribution in [0.3, 0.4) is 0 Å². The Balaban J connectivity index is 3.69. The monoisotopic (exact) mass is 197 g/mol. The second-order valence-electron chi connectivity index (χ2n) is 3.28. The van der Waals surface area contributed by atoms with Gasteiger partial charge in [-0.15, -0.1) is 0 Å². The minimum absolute atomic E-state index is 0.153. The Hall–Kier alpha value is -1.08. The summed E-state index contributed by atoms with van der Waals surface area (Å²) in [5.74, 6) is -0.651. The normalized spacial score (nSPS) is 12.2. The van der Waals surface area contributed by atoms with Crippen LogP contribution in [0.25, 0.3) is 0 Å². The highest BCUT2D eigenvalue weighted by molar-refractivity contribution is 5.80. The van der Waals surface area contributed by atoms with Gasteiger partial charge in [-0.3, -0.25) is 4.79 Å². The molecule has 0 saturated carbocycles. The molecule has 0 aromatic rings. The standard InChI is InChI=1S/C10H19N3O/c1-4-9(8-11)10(14)12-6-7-13(3)5-2/h9H,4-7H2,1-3H3,(H,12,14). The van der Waals surface area contributed by atoms with Gasteiger partial charge in [0, 0.05) is 13.1 Å². The highest BCUT2D eigenvalue weighted by Crippen LogP contribution is 1.99. The van der Waals surface area contributed by atoms with E-state index in [0.717, 1.165) is 13.1 Å². The fraction of sp³-hybridized carbons (Fsp3) is 0.800. The molecule has 0 heterocycles. The topological polar surface area (TPSA) is 56.1 Å². The Bertz CT molecular complexity index is 210. The molecule has 0 rings (SSSR count). The molecule has 1 N–H and O–H groups in total. The molecule has 4 heteroatoms. The first kappa shape index (κ1) is 12.9. The number of nitrogens with one attached hydrogen (secondary N) is 1. The predicted molar refractivity (Wildman–Crippen MR) is 55.6 cm³/mol. The van der Waals surface area contributed by atoms with Crippen LogP contribution in [0.15, 0.2) is 0 Å². The van der Waals surface area contributed by atoms with Crippen LogP contribution >= 0.6 is 0 Å². The number of rotatable bonds is 6. The van der Waals surface area contributed by atoms with E-state index in [0.29, 0.717) is 13.0 Å². The molecule has 0 radical (unpaired) electrons. The molecule has 0 aliphatic heterocycles. The van der Waals surface area contributed by atoms with Gasteiger partial charge in [-0.2, -0.15) is 5.26 Å². The molecular formula is C10H19N3O. The zero-order valence-corrected chi connectivity index (χ0v) is 9.21. The Morgan fingerprint density at radius 3 is 2.64 bits per heavy atom. The van der Waals surface area contributed by atoms with E-state index >= 15 is 0 Å². The average Bonchev–Trinajstić information content (AvgIpc) is 2.19. The van der Waals surface area contributed by atoms with Crippen LogP contribution in [0.1, 0.15) is 20.3 Å². The van der Waals surface area contributed by atoms with Gasteiger partial charge in [0.1, 0.15) is 5.92 Å².